The van der Waals surface area contributed by atoms with Crippen molar-refractivity contribution in [1.82, 2.24) is 0 Å². The van der Waals surface area contributed by atoms with Gasteiger partial charge in [-0.05, 0) is 4.57 Å². The number of aliphatic carboxylic acids is 1. The number of carboxylic acid groups (broad SMARTS) is 1. The molecule has 1 unspecified atom stereocenters. The molecule has 2 N–H and O–H groups in total. The zero-order chi connectivity index (χ0) is 8.69. The minimum absolute atomic E-state index is 0.0180. The Balaban J connectivity index is 3.24. The average Bonchev–Trinajstić information content (AvgIpc) is 1.87. The van der Waals surface area contributed by atoms with E-state index in [0.29, 0.717) is 6.42 Å². The summed E-state index contributed by atoms with van der Waals surface area (Å²) in [6, 6.07) is 0. The lowest BCUT2D eigenvalue weighted by Gasteiger charge is -1.86. The van der Waals surface area contributed by atoms with Crippen molar-refractivity contribution in [3.63, 3.8) is 0 Å². The van der Waals surface area contributed by atoms with Crippen molar-refractivity contribution in [3.05, 3.63) is 0 Å². The third-order valence-electron chi connectivity index (χ3n) is 0.933. The monoisotopic (exact) mass is 181 g/mol. The summed E-state index contributed by atoms with van der Waals surface area (Å²) >= 11 is 0. The van der Waals surface area contributed by atoms with Crippen molar-refractivity contribution >= 4 is 14.0 Å². The van der Waals surface area contributed by atoms with Crippen LogP contribution in [0.5, 0.6) is 0 Å². The fourth-order valence-electron chi connectivity index (χ4n) is 0.488. The van der Waals surface area contributed by atoms with Crippen LogP contribution in [0.15, 0.2) is 0 Å². The van der Waals surface area contributed by atoms with E-state index in [2.05, 4.69) is 4.52 Å². The van der Waals surface area contributed by atoms with Crippen LogP contribution in [0.4, 0.5) is 0 Å². The Labute approximate surface area is 64.9 Å². The van der Waals surface area contributed by atoms with E-state index < -0.39 is 20.8 Å². The summed E-state index contributed by atoms with van der Waals surface area (Å²) in [5.74, 6) is -0.919. The summed E-state index contributed by atoms with van der Waals surface area (Å²) < 4.78 is 14.9. The summed E-state index contributed by atoms with van der Waals surface area (Å²) in [5, 5.41) is 16.3. The molecule has 0 radical (unpaired) electrons. The van der Waals surface area contributed by atoms with Crippen LogP contribution in [0.25, 0.3) is 0 Å². The van der Waals surface area contributed by atoms with Gasteiger partial charge in [-0.2, -0.15) is 0 Å². The number of rotatable bonds is 6. The van der Waals surface area contributed by atoms with E-state index >= 15 is 0 Å². The Kier molecular flexibility index (Phi) is 5.93. The summed E-state index contributed by atoms with van der Waals surface area (Å²) in [6.07, 6.45) is 0.475. The molecule has 1 atom stereocenters. The van der Waals surface area contributed by atoms with E-state index in [4.69, 9.17) is 10.2 Å². The molecule has 0 rings (SSSR count). The Morgan fingerprint density at radius 3 is 2.64 bits per heavy atom. The molecule has 0 aliphatic heterocycles. The molecule has 5 nitrogen and oxygen atoms in total. The van der Waals surface area contributed by atoms with Crippen molar-refractivity contribution < 1.29 is 24.1 Å². The maximum atomic E-state index is 10.6. The van der Waals surface area contributed by atoms with Crippen molar-refractivity contribution in [3.8, 4) is 0 Å². The molecule has 0 amide bonds. The lowest BCUT2D eigenvalue weighted by Crippen LogP contribution is -1.95. The van der Waals surface area contributed by atoms with Crippen molar-refractivity contribution in [2.45, 2.75) is 12.8 Å². The Bertz CT molecular complexity index is 146. The molecular weight excluding hydrogens is 171 g/mol. The number of hydrogen-bond acceptors (Lipinski definition) is 4. The van der Waals surface area contributed by atoms with Gasteiger partial charge in [-0.15, -0.1) is 4.52 Å². The van der Waals surface area contributed by atoms with Gasteiger partial charge in [0.15, 0.2) is 13.0 Å². The van der Waals surface area contributed by atoms with Crippen LogP contribution in [0.3, 0.4) is 0 Å². The number of aliphatic hydroxyl groups excluding tert-OH is 1. The van der Waals surface area contributed by atoms with Gasteiger partial charge in [0.2, 0.25) is 0 Å². The highest BCUT2D eigenvalue weighted by atomic mass is 31.1. The predicted molar refractivity (Wildman–Crippen MR) is 37.5 cm³/mol. The van der Waals surface area contributed by atoms with Crippen LogP contribution >= 0.6 is 8.03 Å². The largest absolute Gasteiger partial charge is 0.510 e. The van der Waals surface area contributed by atoms with Crippen molar-refractivity contribution in [2.24, 2.45) is 0 Å². The fourth-order valence-corrected chi connectivity index (χ4v) is 1.16. The predicted octanol–water partition coefficient (Wildman–Crippen LogP) is 0.560. The maximum absolute atomic E-state index is 10.6. The molecule has 0 saturated heterocycles. The molecule has 0 aromatic carbocycles. The first-order chi connectivity index (χ1) is 5.16. The summed E-state index contributed by atoms with van der Waals surface area (Å²) in [6.45, 7) is -0.581. The molecule has 0 aromatic rings. The molecule has 0 heterocycles. The number of aliphatic hydroxyl groups is 1. The highest BCUT2D eigenvalue weighted by Gasteiger charge is 2.16. The van der Waals surface area contributed by atoms with Crippen molar-refractivity contribution in [2.75, 3.05) is 13.0 Å². The first-order valence-corrected chi connectivity index (χ1v) is 4.43. The van der Waals surface area contributed by atoms with E-state index in [1.54, 1.807) is 0 Å². The van der Waals surface area contributed by atoms with Gasteiger partial charge in [-0.1, -0.05) is 0 Å². The molecular formula is C5H10O5P+. The second-order valence-electron chi connectivity index (χ2n) is 1.81. The van der Waals surface area contributed by atoms with E-state index in [0.717, 1.165) is 0 Å². The second kappa shape index (κ2) is 6.22. The van der Waals surface area contributed by atoms with E-state index in [1.807, 2.05) is 0 Å². The van der Waals surface area contributed by atoms with Gasteiger partial charge in [0.1, 0.15) is 0 Å². The molecule has 64 valence electrons. The first kappa shape index (κ1) is 10.5. The quantitative estimate of drug-likeness (QED) is 0.462. The maximum Gasteiger partial charge on any atom is 0.510 e. The number of carbonyl (C=O) groups is 1. The lowest BCUT2D eigenvalue weighted by molar-refractivity contribution is -0.137. The van der Waals surface area contributed by atoms with Gasteiger partial charge >= 0.3 is 14.0 Å². The van der Waals surface area contributed by atoms with Gasteiger partial charge in [0.05, 0.1) is 0 Å². The minimum Gasteiger partial charge on any atom is -0.481 e. The van der Waals surface area contributed by atoms with Crippen molar-refractivity contribution in [1.29, 1.82) is 0 Å². The van der Waals surface area contributed by atoms with Crippen LogP contribution in [0.1, 0.15) is 12.8 Å². The summed E-state index contributed by atoms with van der Waals surface area (Å²) in [4.78, 5) is 9.95. The van der Waals surface area contributed by atoms with Gasteiger partial charge in [0.25, 0.3) is 0 Å². The molecule has 0 aliphatic rings. The van der Waals surface area contributed by atoms with Gasteiger partial charge in [-0.3, -0.25) is 4.79 Å². The molecule has 0 saturated carbocycles. The average molecular weight is 181 g/mol. The molecule has 6 heteroatoms. The molecule has 0 aliphatic carbocycles. The van der Waals surface area contributed by atoms with Crippen LogP contribution in [-0.4, -0.2) is 29.1 Å². The highest BCUT2D eigenvalue weighted by Crippen LogP contribution is 2.22. The molecule has 11 heavy (non-hydrogen) atoms. The lowest BCUT2D eigenvalue weighted by atomic mass is 10.3. The third-order valence-corrected chi connectivity index (χ3v) is 2.02. The van der Waals surface area contributed by atoms with Crippen LogP contribution in [-0.2, 0) is 13.9 Å². The molecule has 0 fully saturated rings. The second-order valence-corrected chi connectivity index (χ2v) is 3.18. The van der Waals surface area contributed by atoms with Gasteiger partial charge in [0, 0.05) is 12.8 Å². The van der Waals surface area contributed by atoms with Gasteiger partial charge in [-0.25, -0.2) is 0 Å². The zero-order valence-corrected chi connectivity index (χ0v) is 6.79. The van der Waals surface area contributed by atoms with Crippen LogP contribution in [0.2, 0.25) is 0 Å². The Morgan fingerprint density at radius 1 is 1.55 bits per heavy atom. The molecule has 0 bridgehead atoms. The van der Waals surface area contributed by atoms with Crippen LogP contribution < -0.4 is 0 Å². The summed E-state index contributed by atoms with van der Waals surface area (Å²) in [7, 11) is -1.87. The Hall–Kier alpha value is -0.510. The van der Waals surface area contributed by atoms with Gasteiger partial charge < -0.3 is 10.2 Å². The van der Waals surface area contributed by atoms with E-state index in [-0.39, 0.29) is 12.6 Å². The van der Waals surface area contributed by atoms with Crippen LogP contribution in [0, 0.1) is 0 Å². The normalized spacial score (nSPS) is 11.2. The summed E-state index contributed by atoms with van der Waals surface area (Å²) in [5.41, 5.74) is 0. The fraction of sp³-hybridized carbons (Fsp3) is 0.800. The van der Waals surface area contributed by atoms with E-state index in [9.17, 15) is 9.36 Å². The SMILES string of the molecule is O=C(O)CCC[P+](=O)OCO. The number of hydrogen-bond donors (Lipinski definition) is 2. The standard InChI is InChI=1S/C5H9O5P/c6-4-10-11(9)3-1-2-5(7)8/h6H,1-4H2/p+1. The molecule has 0 spiro atoms. The first-order valence-electron chi connectivity index (χ1n) is 3.07. The van der Waals surface area contributed by atoms with E-state index in [1.165, 1.54) is 0 Å². The number of carboxylic acids is 1. The Morgan fingerprint density at radius 2 is 2.18 bits per heavy atom. The minimum atomic E-state index is -1.87. The zero-order valence-electron chi connectivity index (χ0n) is 5.89. The molecule has 0 aromatic heterocycles. The topological polar surface area (TPSA) is 83.8 Å². The smallest absolute Gasteiger partial charge is 0.481 e. The highest BCUT2D eigenvalue weighted by molar-refractivity contribution is 7.39. The third kappa shape index (κ3) is 7.39.